The second-order valence-electron chi connectivity index (χ2n) is 8.13. The minimum Gasteiger partial charge on any atom is -0.493 e. The molecule has 0 aliphatic rings. The average Bonchev–Trinajstić information content (AvgIpc) is 3.47. The number of aromatic amines is 1. The SMILES string of the molecule is CCCc1ccc(C(C#N)C(CNC(=O)c2cn[nH]n2)NC(=O)c2ccc(OC)c(OC)c2OC)cc1. The fourth-order valence-electron chi connectivity index (χ4n) is 3.96. The third kappa shape index (κ3) is 6.35. The van der Waals surface area contributed by atoms with Crippen LogP contribution in [0.3, 0.4) is 0 Å². The number of nitriles is 1. The van der Waals surface area contributed by atoms with Gasteiger partial charge in [-0.3, -0.25) is 9.59 Å². The number of aryl methyl sites for hydroxylation is 1. The molecule has 2 unspecified atom stereocenters. The smallest absolute Gasteiger partial charge is 0.273 e. The molecule has 0 bridgehead atoms. The van der Waals surface area contributed by atoms with E-state index in [9.17, 15) is 14.9 Å². The van der Waals surface area contributed by atoms with E-state index >= 15 is 0 Å². The van der Waals surface area contributed by atoms with Crippen molar-refractivity contribution in [3.63, 3.8) is 0 Å². The number of aromatic nitrogens is 3. The third-order valence-electron chi connectivity index (χ3n) is 5.81. The normalized spacial score (nSPS) is 12.1. The minimum atomic E-state index is -0.789. The maximum Gasteiger partial charge on any atom is 0.273 e. The van der Waals surface area contributed by atoms with E-state index in [-0.39, 0.29) is 29.3 Å². The largest absolute Gasteiger partial charge is 0.493 e. The van der Waals surface area contributed by atoms with Crippen molar-refractivity contribution >= 4 is 11.8 Å². The molecule has 0 radical (unpaired) electrons. The monoisotopic (exact) mass is 506 g/mol. The highest BCUT2D eigenvalue weighted by molar-refractivity contribution is 5.98. The molecular weight excluding hydrogens is 476 g/mol. The number of methoxy groups -OCH3 is 3. The lowest BCUT2D eigenvalue weighted by atomic mass is 9.91. The number of benzene rings is 2. The van der Waals surface area contributed by atoms with Gasteiger partial charge in [-0.2, -0.15) is 20.7 Å². The Balaban J connectivity index is 1.92. The molecule has 3 aromatic rings. The lowest BCUT2D eigenvalue weighted by Crippen LogP contribution is -2.47. The van der Waals surface area contributed by atoms with Crippen molar-refractivity contribution in [1.29, 1.82) is 5.26 Å². The van der Waals surface area contributed by atoms with Crippen molar-refractivity contribution in [2.24, 2.45) is 0 Å². The maximum absolute atomic E-state index is 13.4. The number of H-pyrrole nitrogens is 1. The summed E-state index contributed by atoms with van der Waals surface area (Å²) in [5.41, 5.74) is 2.13. The van der Waals surface area contributed by atoms with Crippen LogP contribution in [0.25, 0.3) is 0 Å². The Bertz CT molecular complexity index is 1240. The van der Waals surface area contributed by atoms with E-state index in [1.54, 1.807) is 12.1 Å². The molecule has 3 N–H and O–H groups in total. The predicted octanol–water partition coefficient (Wildman–Crippen LogP) is 2.62. The zero-order chi connectivity index (χ0) is 26.8. The van der Waals surface area contributed by atoms with E-state index in [4.69, 9.17) is 14.2 Å². The van der Waals surface area contributed by atoms with Gasteiger partial charge >= 0.3 is 0 Å². The van der Waals surface area contributed by atoms with Gasteiger partial charge < -0.3 is 24.8 Å². The fraction of sp³-hybridized carbons (Fsp3) is 0.346. The van der Waals surface area contributed by atoms with Crippen LogP contribution in [0.15, 0.2) is 42.6 Å². The summed E-state index contributed by atoms with van der Waals surface area (Å²) in [6, 6.07) is 12.3. The van der Waals surface area contributed by atoms with Gasteiger partial charge in [0.15, 0.2) is 17.2 Å². The minimum absolute atomic E-state index is 0.0397. The van der Waals surface area contributed by atoms with E-state index in [0.29, 0.717) is 11.3 Å². The summed E-state index contributed by atoms with van der Waals surface area (Å²) in [4.78, 5) is 25.9. The number of amides is 2. The Hall–Kier alpha value is -4.59. The quantitative estimate of drug-likeness (QED) is 0.339. The van der Waals surface area contributed by atoms with Gasteiger partial charge in [0.05, 0.1) is 51.1 Å². The Labute approximate surface area is 215 Å². The molecular formula is C26H30N6O5. The standard InChI is InChI=1S/C26H30N6O5/c1-5-6-16-7-9-17(10-8-16)19(13-27)20(14-28-26(34)21-15-29-32-31-21)30-25(33)18-11-12-22(35-2)24(37-4)23(18)36-3/h7-12,15,19-20H,5-6,14H2,1-4H3,(H,28,34)(H,30,33)(H,29,31,32). The summed E-state index contributed by atoms with van der Waals surface area (Å²) in [6.45, 7) is 2.06. The summed E-state index contributed by atoms with van der Waals surface area (Å²) in [6.07, 6.45) is 3.21. The predicted molar refractivity (Wildman–Crippen MR) is 135 cm³/mol. The number of hydrogen-bond donors (Lipinski definition) is 3. The van der Waals surface area contributed by atoms with E-state index in [0.717, 1.165) is 18.4 Å². The van der Waals surface area contributed by atoms with Crippen molar-refractivity contribution in [1.82, 2.24) is 26.0 Å². The Kier molecular flexibility index (Phi) is 9.43. The van der Waals surface area contributed by atoms with Crippen LogP contribution < -0.4 is 24.8 Å². The molecule has 0 saturated carbocycles. The summed E-state index contributed by atoms with van der Waals surface area (Å²) in [5.74, 6) is -0.926. The molecule has 2 aromatic carbocycles. The number of nitrogens with one attached hydrogen (secondary N) is 3. The molecule has 0 spiro atoms. The Morgan fingerprint density at radius 1 is 1.03 bits per heavy atom. The number of carbonyl (C=O) groups excluding carboxylic acids is 2. The Morgan fingerprint density at radius 2 is 1.76 bits per heavy atom. The molecule has 11 heteroatoms. The summed E-state index contributed by atoms with van der Waals surface area (Å²) < 4.78 is 16.1. The Morgan fingerprint density at radius 3 is 2.32 bits per heavy atom. The molecule has 194 valence electrons. The van der Waals surface area contributed by atoms with Crippen LogP contribution in [-0.4, -0.2) is 61.1 Å². The highest BCUT2D eigenvalue weighted by atomic mass is 16.5. The number of ether oxygens (including phenoxy) is 3. The molecule has 0 aliphatic carbocycles. The highest BCUT2D eigenvalue weighted by Gasteiger charge is 2.29. The maximum atomic E-state index is 13.4. The lowest BCUT2D eigenvalue weighted by molar-refractivity contribution is 0.0901. The zero-order valence-electron chi connectivity index (χ0n) is 21.2. The topological polar surface area (TPSA) is 151 Å². The van der Waals surface area contributed by atoms with Gasteiger partial charge in [0, 0.05) is 6.54 Å². The molecule has 3 rings (SSSR count). The van der Waals surface area contributed by atoms with Gasteiger partial charge in [-0.15, -0.1) is 0 Å². The van der Waals surface area contributed by atoms with Gasteiger partial charge in [0.1, 0.15) is 0 Å². The van der Waals surface area contributed by atoms with Gasteiger partial charge in [0.25, 0.3) is 11.8 Å². The van der Waals surface area contributed by atoms with Crippen molar-refractivity contribution in [2.45, 2.75) is 31.7 Å². The summed E-state index contributed by atoms with van der Waals surface area (Å²) in [7, 11) is 4.34. The second-order valence-corrected chi connectivity index (χ2v) is 8.13. The van der Waals surface area contributed by atoms with Crippen molar-refractivity contribution in [2.75, 3.05) is 27.9 Å². The molecule has 1 aromatic heterocycles. The first-order chi connectivity index (χ1) is 18.0. The van der Waals surface area contributed by atoms with Crippen LogP contribution in [0.5, 0.6) is 17.2 Å². The summed E-state index contributed by atoms with van der Waals surface area (Å²) >= 11 is 0. The van der Waals surface area contributed by atoms with Crippen LogP contribution in [-0.2, 0) is 6.42 Å². The van der Waals surface area contributed by atoms with Gasteiger partial charge in [-0.05, 0) is 29.7 Å². The molecule has 11 nitrogen and oxygen atoms in total. The van der Waals surface area contributed by atoms with E-state index in [1.807, 2.05) is 24.3 Å². The molecule has 0 aliphatic heterocycles. The van der Waals surface area contributed by atoms with Crippen molar-refractivity contribution in [3.8, 4) is 23.3 Å². The van der Waals surface area contributed by atoms with Gasteiger partial charge in [0.2, 0.25) is 5.75 Å². The number of carbonyl (C=O) groups is 2. The molecule has 2 atom stereocenters. The van der Waals surface area contributed by atoms with Crippen LogP contribution >= 0.6 is 0 Å². The molecule has 2 amide bonds. The van der Waals surface area contributed by atoms with Crippen LogP contribution in [0.4, 0.5) is 0 Å². The molecule has 0 fully saturated rings. The second kappa shape index (κ2) is 12.9. The van der Waals surface area contributed by atoms with Gasteiger partial charge in [-0.25, -0.2) is 0 Å². The van der Waals surface area contributed by atoms with Crippen LogP contribution in [0, 0.1) is 11.3 Å². The van der Waals surface area contributed by atoms with E-state index < -0.39 is 23.8 Å². The van der Waals surface area contributed by atoms with E-state index in [2.05, 4.69) is 39.0 Å². The zero-order valence-corrected chi connectivity index (χ0v) is 21.2. The van der Waals surface area contributed by atoms with Crippen LogP contribution in [0.2, 0.25) is 0 Å². The first-order valence-electron chi connectivity index (χ1n) is 11.7. The first-order valence-corrected chi connectivity index (χ1v) is 11.7. The van der Waals surface area contributed by atoms with E-state index in [1.165, 1.54) is 27.5 Å². The van der Waals surface area contributed by atoms with Crippen LogP contribution in [0.1, 0.15) is 51.2 Å². The third-order valence-corrected chi connectivity index (χ3v) is 5.81. The molecule has 37 heavy (non-hydrogen) atoms. The van der Waals surface area contributed by atoms with Crippen molar-refractivity contribution < 1.29 is 23.8 Å². The lowest BCUT2D eigenvalue weighted by Gasteiger charge is -2.25. The van der Waals surface area contributed by atoms with Crippen molar-refractivity contribution in [3.05, 3.63) is 65.0 Å². The van der Waals surface area contributed by atoms with Gasteiger partial charge in [-0.1, -0.05) is 37.6 Å². The number of rotatable bonds is 12. The number of hydrogen-bond acceptors (Lipinski definition) is 8. The fourth-order valence-corrected chi connectivity index (χ4v) is 3.96. The first kappa shape index (κ1) is 27.0. The number of nitrogens with zero attached hydrogens (tertiary/aromatic N) is 3. The molecule has 0 saturated heterocycles. The highest BCUT2D eigenvalue weighted by Crippen LogP contribution is 2.39. The summed E-state index contributed by atoms with van der Waals surface area (Å²) in [5, 5.41) is 25.5. The average molecular weight is 507 g/mol. The molecule has 1 heterocycles.